The fraction of sp³-hybridized carbons (Fsp3) is 0.643. The highest BCUT2D eigenvalue weighted by Gasteiger charge is 2.16. The first kappa shape index (κ1) is 15.5. The third-order valence-electron chi connectivity index (χ3n) is 3.52. The predicted octanol–water partition coefficient (Wildman–Crippen LogP) is 1.14. The van der Waals surface area contributed by atoms with Crippen molar-refractivity contribution in [3.05, 3.63) is 11.9 Å². The first-order chi connectivity index (χ1) is 10.2. The van der Waals surface area contributed by atoms with E-state index in [2.05, 4.69) is 27.6 Å². The number of piperidine rings is 1. The monoisotopic (exact) mass is 292 g/mol. The molecule has 1 aromatic heterocycles. The van der Waals surface area contributed by atoms with Gasteiger partial charge in [-0.2, -0.15) is 0 Å². The van der Waals surface area contributed by atoms with Crippen molar-refractivity contribution in [1.29, 1.82) is 0 Å². The zero-order valence-corrected chi connectivity index (χ0v) is 12.6. The SMILES string of the molecule is CCCc1nc(NN)cc(NCC(=O)N2CCCCC2)n1. The van der Waals surface area contributed by atoms with Gasteiger partial charge >= 0.3 is 0 Å². The number of likely N-dealkylation sites (tertiary alicyclic amines) is 1. The van der Waals surface area contributed by atoms with Crippen LogP contribution >= 0.6 is 0 Å². The molecule has 1 aliphatic rings. The first-order valence-corrected chi connectivity index (χ1v) is 7.59. The fourth-order valence-corrected chi connectivity index (χ4v) is 2.42. The number of nitrogens with two attached hydrogens (primary N) is 1. The van der Waals surface area contributed by atoms with E-state index in [0.717, 1.165) is 44.6 Å². The summed E-state index contributed by atoms with van der Waals surface area (Å²) >= 11 is 0. The van der Waals surface area contributed by atoms with Gasteiger partial charge in [-0.1, -0.05) is 6.92 Å². The van der Waals surface area contributed by atoms with Gasteiger partial charge in [0.2, 0.25) is 5.91 Å². The molecule has 0 unspecified atom stereocenters. The summed E-state index contributed by atoms with van der Waals surface area (Å²) in [6, 6.07) is 1.71. The molecule has 0 bridgehead atoms. The second kappa shape index (κ2) is 7.78. The lowest BCUT2D eigenvalue weighted by Crippen LogP contribution is -2.39. The number of nitrogen functional groups attached to an aromatic ring is 1. The number of hydrogen-bond acceptors (Lipinski definition) is 6. The van der Waals surface area contributed by atoms with Crippen LogP contribution in [-0.2, 0) is 11.2 Å². The maximum atomic E-state index is 12.1. The van der Waals surface area contributed by atoms with E-state index in [4.69, 9.17) is 5.84 Å². The van der Waals surface area contributed by atoms with Gasteiger partial charge in [-0.25, -0.2) is 15.8 Å². The molecule has 1 saturated heterocycles. The van der Waals surface area contributed by atoms with E-state index >= 15 is 0 Å². The Balaban J connectivity index is 1.94. The number of hydrazine groups is 1. The molecule has 1 aliphatic heterocycles. The van der Waals surface area contributed by atoms with E-state index in [1.807, 2.05) is 4.90 Å². The number of aromatic nitrogens is 2. The van der Waals surface area contributed by atoms with Crippen molar-refractivity contribution in [2.24, 2.45) is 5.84 Å². The minimum absolute atomic E-state index is 0.118. The van der Waals surface area contributed by atoms with Crippen LogP contribution in [0.25, 0.3) is 0 Å². The largest absolute Gasteiger partial charge is 0.361 e. The smallest absolute Gasteiger partial charge is 0.241 e. The van der Waals surface area contributed by atoms with Crippen molar-refractivity contribution >= 4 is 17.5 Å². The van der Waals surface area contributed by atoms with E-state index in [-0.39, 0.29) is 12.5 Å². The standard InChI is InChI=1S/C14H24N6O/c1-2-6-11-17-12(9-13(18-11)19-15)16-10-14(21)20-7-4-3-5-8-20/h9H,2-8,10,15H2,1H3,(H2,16,17,18,19). The highest BCUT2D eigenvalue weighted by atomic mass is 16.2. The molecule has 1 amide bonds. The van der Waals surface area contributed by atoms with Gasteiger partial charge in [0, 0.05) is 25.6 Å². The molecule has 1 aromatic rings. The number of nitrogens with one attached hydrogen (secondary N) is 2. The summed E-state index contributed by atoms with van der Waals surface area (Å²) in [6.45, 7) is 4.05. The summed E-state index contributed by atoms with van der Waals surface area (Å²) in [5.74, 6) is 7.44. The number of hydrogen-bond donors (Lipinski definition) is 3. The molecule has 4 N–H and O–H groups in total. The molecular formula is C14H24N6O. The molecule has 116 valence electrons. The van der Waals surface area contributed by atoms with Crippen LogP contribution in [0, 0.1) is 0 Å². The van der Waals surface area contributed by atoms with E-state index in [9.17, 15) is 4.79 Å². The number of anilines is 2. The van der Waals surface area contributed by atoms with Gasteiger partial charge < -0.3 is 15.6 Å². The Kier molecular flexibility index (Phi) is 5.74. The third kappa shape index (κ3) is 4.56. The van der Waals surface area contributed by atoms with Gasteiger partial charge in [-0.15, -0.1) is 0 Å². The Labute approximate surface area is 125 Å². The Bertz CT molecular complexity index is 473. The Morgan fingerprint density at radius 3 is 2.67 bits per heavy atom. The second-order valence-corrected chi connectivity index (χ2v) is 5.24. The molecule has 0 aromatic carbocycles. The Morgan fingerprint density at radius 1 is 1.29 bits per heavy atom. The summed E-state index contributed by atoms with van der Waals surface area (Å²) in [6.07, 6.45) is 5.15. The first-order valence-electron chi connectivity index (χ1n) is 7.59. The second-order valence-electron chi connectivity index (χ2n) is 5.24. The van der Waals surface area contributed by atoms with Crippen molar-refractivity contribution < 1.29 is 4.79 Å². The number of amides is 1. The lowest BCUT2D eigenvalue weighted by Gasteiger charge is -2.26. The van der Waals surface area contributed by atoms with Crippen LogP contribution in [0.15, 0.2) is 6.07 Å². The van der Waals surface area contributed by atoms with Crippen LogP contribution in [-0.4, -0.2) is 40.4 Å². The topological polar surface area (TPSA) is 96.2 Å². The summed E-state index contributed by atoms with van der Waals surface area (Å²) in [7, 11) is 0. The number of carbonyl (C=O) groups is 1. The van der Waals surface area contributed by atoms with E-state index < -0.39 is 0 Å². The highest BCUT2D eigenvalue weighted by Crippen LogP contribution is 2.12. The highest BCUT2D eigenvalue weighted by molar-refractivity contribution is 5.80. The molecular weight excluding hydrogens is 268 g/mol. The summed E-state index contributed by atoms with van der Waals surface area (Å²) < 4.78 is 0. The summed E-state index contributed by atoms with van der Waals surface area (Å²) in [5.41, 5.74) is 2.53. The number of rotatable bonds is 6. The number of carbonyl (C=O) groups excluding carboxylic acids is 1. The maximum absolute atomic E-state index is 12.1. The molecule has 1 fully saturated rings. The minimum atomic E-state index is 0.118. The molecule has 0 aliphatic carbocycles. The van der Waals surface area contributed by atoms with Crippen LogP contribution in [0.3, 0.4) is 0 Å². The van der Waals surface area contributed by atoms with Crippen molar-refractivity contribution in [3.8, 4) is 0 Å². The molecule has 0 saturated carbocycles. The predicted molar refractivity (Wildman–Crippen MR) is 82.8 cm³/mol. The molecule has 21 heavy (non-hydrogen) atoms. The van der Waals surface area contributed by atoms with Gasteiger partial charge in [-0.3, -0.25) is 4.79 Å². The molecule has 0 spiro atoms. The lowest BCUT2D eigenvalue weighted by atomic mass is 10.1. The van der Waals surface area contributed by atoms with Crippen molar-refractivity contribution in [3.63, 3.8) is 0 Å². The molecule has 2 rings (SSSR count). The van der Waals surface area contributed by atoms with Crippen LogP contribution in [0.1, 0.15) is 38.4 Å². The molecule has 7 heteroatoms. The normalized spacial score (nSPS) is 14.9. The molecule has 2 heterocycles. The van der Waals surface area contributed by atoms with Gasteiger partial charge in [0.25, 0.3) is 0 Å². The van der Waals surface area contributed by atoms with Crippen molar-refractivity contribution in [1.82, 2.24) is 14.9 Å². The minimum Gasteiger partial charge on any atom is -0.361 e. The number of nitrogens with zero attached hydrogens (tertiary/aromatic N) is 3. The van der Waals surface area contributed by atoms with Crippen LogP contribution in [0.5, 0.6) is 0 Å². The van der Waals surface area contributed by atoms with Gasteiger partial charge in [-0.05, 0) is 25.7 Å². The summed E-state index contributed by atoms with van der Waals surface area (Å²) in [4.78, 5) is 22.7. The summed E-state index contributed by atoms with van der Waals surface area (Å²) in [5, 5.41) is 3.08. The van der Waals surface area contributed by atoms with Crippen molar-refractivity contribution in [2.75, 3.05) is 30.4 Å². The Hall–Kier alpha value is -1.89. The van der Waals surface area contributed by atoms with Crippen molar-refractivity contribution in [2.45, 2.75) is 39.0 Å². The lowest BCUT2D eigenvalue weighted by molar-refractivity contribution is -0.130. The van der Waals surface area contributed by atoms with E-state index in [1.165, 1.54) is 6.42 Å². The van der Waals surface area contributed by atoms with Gasteiger partial charge in [0.15, 0.2) is 0 Å². The van der Waals surface area contributed by atoms with Crippen LogP contribution in [0.2, 0.25) is 0 Å². The quantitative estimate of drug-likeness (QED) is 0.537. The maximum Gasteiger partial charge on any atom is 0.241 e. The average molecular weight is 292 g/mol. The number of aryl methyl sites for hydroxylation is 1. The van der Waals surface area contributed by atoms with E-state index in [1.54, 1.807) is 6.07 Å². The van der Waals surface area contributed by atoms with Crippen LogP contribution < -0.4 is 16.6 Å². The molecule has 0 atom stereocenters. The third-order valence-corrected chi connectivity index (χ3v) is 3.52. The molecule has 7 nitrogen and oxygen atoms in total. The fourth-order valence-electron chi connectivity index (χ4n) is 2.42. The van der Waals surface area contributed by atoms with Crippen LogP contribution in [0.4, 0.5) is 11.6 Å². The van der Waals surface area contributed by atoms with Gasteiger partial charge in [0.05, 0.1) is 6.54 Å². The average Bonchev–Trinajstić information content (AvgIpc) is 2.53. The molecule has 0 radical (unpaired) electrons. The zero-order chi connectivity index (χ0) is 15.1. The van der Waals surface area contributed by atoms with Gasteiger partial charge in [0.1, 0.15) is 17.5 Å². The van der Waals surface area contributed by atoms with E-state index in [0.29, 0.717) is 11.6 Å². The zero-order valence-electron chi connectivity index (χ0n) is 12.6. The Morgan fingerprint density at radius 2 is 2.00 bits per heavy atom.